The molecule has 0 radical (unpaired) electrons. The van der Waals surface area contributed by atoms with Crippen LogP contribution < -0.4 is 4.72 Å². The van der Waals surface area contributed by atoms with Gasteiger partial charge in [0.2, 0.25) is 0 Å². The molecule has 1 N–H and O–H groups in total. The first-order valence-electron chi connectivity index (χ1n) is 7.36. The lowest BCUT2D eigenvalue weighted by molar-refractivity contribution is 0.0977. The van der Waals surface area contributed by atoms with E-state index in [0.717, 1.165) is 5.56 Å². The predicted octanol–water partition coefficient (Wildman–Crippen LogP) is 3.73. The molecule has 3 rings (SSSR count). The molecule has 10 heteroatoms. The average Bonchev–Trinajstić information content (AvgIpc) is 3.10. The first-order chi connectivity index (χ1) is 12.3. The van der Waals surface area contributed by atoms with Crippen LogP contribution in [0.5, 0.6) is 0 Å². The highest BCUT2D eigenvalue weighted by molar-refractivity contribution is 7.90. The molecular weight excluding hydrogens is 417 g/mol. The Morgan fingerprint density at radius 2 is 1.96 bits per heavy atom. The third-order valence-corrected chi connectivity index (χ3v) is 6.47. The summed E-state index contributed by atoms with van der Waals surface area (Å²) in [6.07, 6.45) is 1.48. The van der Waals surface area contributed by atoms with Gasteiger partial charge in [0.05, 0.1) is 20.1 Å². The molecule has 0 aliphatic rings. The van der Waals surface area contributed by atoms with Crippen LogP contribution in [-0.2, 0) is 16.6 Å². The second kappa shape index (κ2) is 7.40. The molecule has 0 unspecified atom stereocenters. The van der Waals surface area contributed by atoms with Crippen LogP contribution in [-0.4, -0.2) is 23.9 Å². The van der Waals surface area contributed by atoms with E-state index < -0.39 is 15.9 Å². The van der Waals surface area contributed by atoms with Gasteiger partial charge in [-0.1, -0.05) is 41.4 Å². The summed E-state index contributed by atoms with van der Waals surface area (Å²) < 4.78 is 29.3. The highest BCUT2D eigenvalue weighted by atomic mass is 35.5. The number of thiophene rings is 1. The Balaban J connectivity index is 1.80. The van der Waals surface area contributed by atoms with Crippen LogP contribution in [0.15, 0.2) is 47.5 Å². The van der Waals surface area contributed by atoms with Gasteiger partial charge in [0.25, 0.3) is 15.9 Å². The summed E-state index contributed by atoms with van der Waals surface area (Å²) in [5.74, 6) is -0.254. The molecule has 1 aromatic carbocycles. The zero-order valence-electron chi connectivity index (χ0n) is 13.4. The highest BCUT2D eigenvalue weighted by Gasteiger charge is 2.21. The van der Waals surface area contributed by atoms with Gasteiger partial charge in [-0.05, 0) is 25.1 Å². The Hall–Kier alpha value is -1.87. The van der Waals surface area contributed by atoms with Crippen molar-refractivity contribution in [3.8, 4) is 0 Å². The second-order valence-corrected chi connectivity index (χ2v) is 9.37. The molecule has 0 aliphatic heterocycles. The second-order valence-electron chi connectivity index (χ2n) is 5.40. The summed E-state index contributed by atoms with van der Waals surface area (Å²) in [6, 6.07) is 9.39. The van der Waals surface area contributed by atoms with Gasteiger partial charge >= 0.3 is 0 Å². The fourth-order valence-electron chi connectivity index (χ4n) is 2.28. The fraction of sp³-hybridized carbons (Fsp3) is 0.125. The van der Waals surface area contributed by atoms with Crippen molar-refractivity contribution in [2.24, 2.45) is 0 Å². The number of hydrogen-bond donors (Lipinski definition) is 1. The molecule has 3 aromatic rings. The maximum atomic E-state index is 12.3. The van der Waals surface area contributed by atoms with E-state index in [1.54, 1.807) is 35.8 Å². The third kappa shape index (κ3) is 4.09. The first-order valence-corrected chi connectivity index (χ1v) is 10.4. The first kappa shape index (κ1) is 18.9. The molecule has 0 spiro atoms. The largest absolute Gasteiger partial charge is 0.330 e. The van der Waals surface area contributed by atoms with Gasteiger partial charge in [-0.2, -0.15) is 0 Å². The standard InChI is InChI=1S/C16H13Cl2N3O3S2/c1-10-19-13(9-21(10)8-11-7-14(17)25-15(11)18)16(22)20-26(23,24)12-5-3-2-4-6-12/h2-7,9H,8H2,1H3,(H,20,22). The van der Waals surface area contributed by atoms with Crippen molar-refractivity contribution in [1.82, 2.24) is 14.3 Å². The number of sulfonamides is 1. The van der Waals surface area contributed by atoms with E-state index in [9.17, 15) is 13.2 Å². The normalized spacial score (nSPS) is 11.5. The van der Waals surface area contributed by atoms with Crippen LogP contribution >= 0.6 is 34.5 Å². The number of halogens is 2. The number of imidazole rings is 1. The fourth-order valence-corrected chi connectivity index (χ4v) is 4.73. The predicted molar refractivity (Wildman–Crippen MR) is 101 cm³/mol. The molecule has 0 fully saturated rings. The van der Waals surface area contributed by atoms with Crippen LogP contribution in [0.4, 0.5) is 0 Å². The molecule has 6 nitrogen and oxygen atoms in total. The number of aromatic nitrogens is 2. The number of carbonyl (C=O) groups is 1. The van der Waals surface area contributed by atoms with E-state index in [1.807, 2.05) is 4.72 Å². The molecule has 1 amide bonds. The number of hydrogen-bond acceptors (Lipinski definition) is 5. The van der Waals surface area contributed by atoms with Gasteiger partial charge in [-0.3, -0.25) is 4.79 Å². The molecule has 0 saturated heterocycles. The van der Waals surface area contributed by atoms with Gasteiger partial charge < -0.3 is 4.57 Å². The maximum absolute atomic E-state index is 12.3. The summed E-state index contributed by atoms with van der Waals surface area (Å²) >= 11 is 13.3. The topological polar surface area (TPSA) is 81.1 Å². The van der Waals surface area contributed by atoms with Gasteiger partial charge in [0.1, 0.15) is 11.5 Å². The summed E-state index contributed by atoms with van der Waals surface area (Å²) in [7, 11) is -3.96. The molecule has 26 heavy (non-hydrogen) atoms. The van der Waals surface area contributed by atoms with Gasteiger partial charge in [0, 0.05) is 11.8 Å². The quantitative estimate of drug-likeness (QED) is 0.669. The number of rotatable bonds is 5. The van der Waals surface area contributed by atoms with E-state index in [1.165, 1.54) is 29.7 Å². The van der Waals surface area contributed by atoms with Crippen LogP contribution in [0.3, 0.4) is 0 Å². The lowest BCUT2D eigenvalue weighted by Crippen LogP contribution is -2.30. The number of carbonyl (C=O) groups excluding carboxylic acids is 1. The van der Waals surface area contributed by atoms with Gasteiger partial charge in [-0.25, -0.2) is 18.1 Å². The minimum Gasteiger partial charge on any atom is -0.330 e. The zero-order valence-corrected chi connectivity index (χ0v) is 16.6. The van der Waals surface area contributed by atoms with Crippen molar-refractivity contribution in [2.45, 2.75) is 18.4 Å². The molecule has 136 valence electrons. The van der Waals surface area contributed by atoms with Crippen molar-refractivity contribution in [2.75, 3.05) is 0 Å². The van der Waals surface area contributed by atoms with Gasteiger partial charge in [0.15, 0.2) is 0 Å². The van der Waals surface area contributed by atoms with Crippen molar-refractivity contribution in [1.29, 1.82) is 0 Å². The van der Waals surface area contributed by atoms with Crippen molar-refractivity contribution < 1.29 is 13.2 Å². The van der Waals surface area contributed by atoms with Gasteiger partial charge in [-0.15, -0.1) is 11.3 Å². The smallest absolute Gasteiger partial charge is 0.285 e. The average molecular weight is 430 g/mol. The third-order valence-electron chi connectivity index (χ3n) is 3.56. The molecule has 0 atom stereocenters. The lowest BCUT2D eigenvalue weighted by Gasteiger charge is -2.05. The SMILES string of the molecule is Cc1nc(C(=O)NS(=O)(=O)c2ccccc2)cn1Cc1cc(Cl)sc1Cl. The van der Waals surface area contributed by atoms with E-state index in [0.29, 0.717) is 21.0 Å². The molecule has 0 bridgehead atoms. The summed E-state index contributed by atoms with van der Waals surface area (Å²) in [4.78, 5) is 16.5. The minimum absolute atomic E-state index is 0.000505. The van der Waals surface area contributed by atoms with E-state index >= 15 is 0 Å². The zero-order chi connectivity index (χ0) is 18.9. The Kier molecular flexibility index (Phi) is 5.38. The van der Waals surface area contributed by atoms with Crippen LogP contribution in [0.25, 0.3) is 0 Å². The number of amides is 1. The Labute approximate surface area is 164 Å². The Morgan fingerprint density at radius 1 is 1.27 bits per heavy atom. The summed E-state index contributed by atoms with van der Waals surface area (Å²) in [6.45, 7) is 2.09. The van der Waals surface area contributed by atoms with Crippen molar-refractivity contribution in [3.05, 3.63) is 68.3 Å². The number of nitrogens with one attached hydrogen (secondary N) is 1. The monoisotopic (exact) mass is 429 g/mol. The highest BCUT2D eigenvalue weighted by Crippen LogP contribution is 2.31. The lowest BCUT2D eigenvalue weighted by atomic mass is 10.3. The summed E-state index contributed by atoms with van der Waals surface area (Å²) in [5, 5.41) is 0. The van der Waals surface area contributed by atoms with Crippen LogP contribution in [0.2, 0.25) is 8.67 Å². The number of nitrogens with zero attached hydrogens (tertiary/aromatic N) is 2. The van der Waals surface area contributed by atoms with Crippen molar-refractivity contribution in [3.63, 3.8) is 0 Å². The molecule has 0 saturated carbocycles. The molecular formula is C16H13Cl2N3O3S2. The van der Waals surface area contributed by atoms with E-state index in [4.69, 9.17) is 23.2 Å². The van der Waals surface area contributed by atoms with Crippen LogP contribution in [0.1, 0.15) is 21.9 Å². The Bertz CT molecular complexity index is 1060. The van der Waals surface area contributed by atoms with Crippen LogP contribution in [0, 0.1) is 6.92 Å². The summed E-state index contributed by atoms with van der Waals surface area (Å²) in [5.41, 5.74) is 0.797. The Morgan fingerprint density at radius 3 is 2.58 bits per heavy atom. The number of aryl methyl sites for hydroxylation is 1. The van der Waals surface area contributed by atoms with Crippen molar-refractivity contribution >= 4 is 50.5 Å². The van der Waals surface area contributed by atoms with E-state index in [2.05, 4.69) is 4.98 Å². The molecule has 2 heterocycles. The maximum Gasteiger partial charge on any atom is 0.285 e. The number of benzene rings is 1. The van der Waals surface area contributed by atoms with E-state index in [-0.39, 0.29) is 10.6 Å². The molecule has 0 aliphatic carbocycles. The minimum atomic E-state index is -3.96. The molecule has 2 aromatic heterocycles.